The van der Waals surface area contributed by atoms with E-state index >= 15 is 0 Å². The van der Waals surface area contributed by atoms with Crippen LogP contribution < -0.4 is 10.2 Å². The van der Waals surface area contributed by atoms with Crippen LogP contribution in [0.25, 0.3) is 0 Å². The molecule has 1 rings (SSSR count). The lowest BCUT2D eigenvalue weighted by molar-refractivity contribution is 0.298. The Morgan fingerprint density at radius 1 is 1.26 bits per heavy atom. The van der Waals surface area contributed by atoms with Crippen molar-refractivity contribution in [3.63, 3.8) is 0 Å². The Morgan fingerprint density at radius 2 is 1.84 bits per heavy atom. The summed E-state index contributed by atoms with van der Waals surface area (Å²) in [6.45, 7) is 6.85. The van der Waals surface area contributed by atoms with E-state index in [9.17, 15) is 8.78 Å². The van der Waals surface area contributed by atoms with Crippen molar-refractivity contribution in [1.29, 1.82) is 0 Å². The first kappa shape index (κ1) is 15.9. The molecule has 0 spiro atoms. The fourth-order valence-corrected chi connectivity index (χ4v) is 2.00. The van der Waals surface area contributed by atoms with E-state index in [0.717, 1.165) is 6.54 Å². The highest BCUT2D eigenvalue weighted by Crippen LogP contribution is 2.26. The minimum Gasteiger partial charge on any atom is -0.395 e. The van der Waals surface area contributed by atoms with E-state index in [1.807, 2.05) is 20.8 Å². The van der Waals surface area contributed by atoms with Crippen LogP contribution in [0.4, 0.5) is 14.5 Å². The van der Waals surface area contributed by atoms with Crippen LogP contribution in [0.1, 0.15) is 26.3 Å². The fraction of sp³-hybridized carbons (Fsp3) is 0.571. The van der Waals surface area contributed by atoms with Crippen molar-refractivity contribution in [3.8, 4) is 0 Å². The summed E-state index contributed by atoms with van der Waals surface area (Å²) in [4.78, 5) is 1.53. The van der Waals surface area contributed by atoms with Crippen LogP contribution in [-0.2, 0) is 6.54 Å². The average molecular weight is 272 g/mol. The van der Waals surface area contributed by atoms with Crippen LogP contribution in [0.15, 0.2) is 12.1 Å². The first-order chi connectivity index (χ1) is 9.01. The van der Waals surface area contributed by atoms with Gasteiger partial charge in [-0.25, -0.2) is 8.78 Å². The second-order valence-corrected chi connectivity index (χ2v) is 4.70. The summed E-state index contributed by atoms with van der Waals surface area (Å²) in [5.41, 5.74) is 0.512. The summed E-state index contributed by atoms with van der Waals surface area (Å²) in [7, 11) is 0. The Bertz CT molecular complexity index is 387. The minimum absolute atomic E-state index is 0.0655. The van der Waals surface area contributed by atoms with Gasteiger partial charge in [0.2, 0.25) is 0 Å². The fourth-order valence-electron chi connectivity index (χ4n) is 2.00. The SMILES string of the molecule is CCNCc1cc(F)c(N(CCO)C(C)C)c(F)c1. The largest absolute Gasteiger partial charge is 0.395 e. The van der Waals surface area contributed by atoms with Crippen LogP contribution in [0.2, 0.25) is 0 Å². The van der Waals surface area contributed by atoms with E-state index < -0.39 is 11.6 Å². The van der Waals surface area contributed by atoms with E-state index in [-0.39, 0.29) is 24.9 Å². The van der Waals surface area contributed by atoms with E-state index in [4.69, 9.17) is 5.11 Å². The third kappa shape index (κ3) is 4.14. The van der Waals surface area contributed by atoms with Gasteiger partial charge >= 0.3 is 0 Å². The molecule has 0 unspecified atom stereocenters. The van der Waals surface area contributed by atoms with Crippen molar-refractivity contribution in [1.82, 2.24) is 5.32 Å². The van der Waals surface area contributed by atoms with Gasteiger partial charge in [-0.2, -0.15) is 0 Å². The zero-order valence-electron chi connectivity index (χ0n) is 11.7. The molecule has 0 aliphatic heterocycles. The highest BCUT2D eigenvalue weighted by molar-refractivity contribution is 5.51. The van der Waals surface area contributed by atoms with E-state index in [0.29, 0.717) is 12.1 Å². The predicted octanol–water partition coefficient (Wildman–Crippen LogP) is 2.28. The van der Waals surface area contributed by atoms with E-state index in [2.05, 4.69) is 5.32 Å². The second kappa shape index (κ2) is 7.40. The quantitative estimate of drug-likeness (QED) is 0.799. The maximum atomic E-state index is 14.1. The molecule has 1 aromatic rings. The Kier molecular flexibility index (Phi) is 6.18. The van der Waals surface area contributed by atoms with Crippen molar-refractivity contribution >= 4 is 5.69 Å². The van der Waals surface area contributed by atoms with Gasteiger partial charge in [0, 0.05) is 19.1 Å². The number of benzene rings is 1. The maximum absolute atomic E-state index is 14.1. The number of aliphatic hydroxyl groups is 1. The molecule has 0 heterocycles. The van der Waals surface area contributed by atoms with Gasteiger partial charge in [0.05, 0.1) is 6.61 Å². The normalized spacial score (nSPS) is 11.1. The lowest BCUT2D eigenvalue weighted by Crippen LogP contribution is -2.35. The Morgan fingerprint density at radius 3 is 2.26 bits per heavy atom. The summed E-state index contributed by atoms with van der Waals surface area (Å²) in [5, 5.41) is 12.0. The molecule has 0 atom stereocenters. The molecule has 0 aromatic heterocycles. The molecule has 0 bridgehead atoms. The van der Waals surface area contributed by atoms with Crippen molar-refractivity contribution in [2.45, 2.75) is 33.4 Å². The third-order valence-electron chi connectivity index (χ3n) is 2.91. The van der Waals surface area contributed by atoms with Crippen LogP contribution in [-0.4, -0.2) is 30.8 Å². The standard InChI is InChI=1S/C14H22F2N2O/c1-4-17-9-11-7-12(15)14(13(16)8-11)18(5-6-19)10(2)3/h7-8,10,17,19H,4-6,9H2,1-3H3. The molecule has 0 aliphatic carbocycles. The molecule has 3 nitrogen and oxygen atoms in total. The molecule has 1 aromatic carbocycles. The summed E-state index contributed by atoms with van der Waals surface area (Å²) < 4.78 is 28.2. The molecule has 0 radical (unpaired) electrons. The first-order valence-electron chi connectivity index (χ1n) is 6.57. The van der Waals surface area contributed by atoms with E-state index in [1.165, 1.54) is 17.0 Å². The molecular formula is C14H22F2N2O. The van der Waals surface area contributed by atoms with Gasteiger partial charge < -0.3 is 15.3 Å². The first-order valence-corrected chi connectivity index (χ1v) is 6.57. The number of rotatable bonds is 7. The molecule has 2 N–H and O–H groups in total. The van der Waals surface area contributed by atoms with Gasteiger partial charge in [0.25, 0.3) is 0 Å². The van der Waals surface area contributed by atoms with Crippen molar-refractivity contribution < 1.29 is 13.9 Å². The number of nitrogens with one attached hydrogen (secondary N) is 1. The van der Waals surface area contributed by atoms with Gasteiger partial charge in [0.1, 0.15) is 17.3 Å². The zero-order chi connectivity index (χ0) is 14.4. The minimum atomic E-state index is -0.588. The number of nitrogens with zero attached hydrogens (tertiary/aromatic N) is 1. The molecule has 19 heavy (non-hydrogen) atoms. The monoisotopic (exact) mass is 272 g/mol. The van der Waals surface area contributed by atoms with Gasteiger partial charge in [-0.3, -0.25) is 0 Å². The lowest BCUT2D eigenvalue weighted by Gasteiger charge is -2.29. The summed E-state index contributed by atoms with van der Waals surface area (Å²) in [5.74, 6) is -1.18. The number of hydrogen-bond acceptors (Lipinski definition) is 3. The van der Waals surface area contributed by atoms with Crippen molar-refractivity contribution in [2.75, 3.05) is 24.6 Å². The summed E-state index contributed by atoms with van der Waals surface area (Å²) in [6.07, 6.45) is 0. The van der Waals surface area contributed by atoms with Gasteiger partial charge in [-0.1, -0.05) is 6.92 Å². The molecule has 0 aliphatic rings. The average Bonchev–Trinajstić information content (AvgIpc) is 2.34. The van der Waals surface area contributed by atoms with Crippen molar-refractivity contribution in [2.24, 2.45) is 0 Å². The second-order valence-electron chi connectivity index (χ2n) is 4.70. The van der Waals surface area contributed by atoms with Gasteiger partial charge in [-0.15, -0.1) is 0 Å². The smallest absolute Gasteiger partial charge is 0.149 e. The number of aliphatic hydroxyl groups excluding tert-OH is 1. The summed E-state index contributed by atoms with van der Waals surface area (Å²) >= 11 is 0. The highest BCUT2D eigenvalue weighted by atomic mass is 19.1. The molecule has 108 valence electrons. The number of anilines is 1. The molecule has 0 saturated heterocycles. The van der Waals surface area contributed by atoms with Gasteiger partial charge in [-0.05, 0) is 38.1 Å². The number of hydrogen-bond donors (Lipinski definition) is 2. The topological polar surface area (TPSA) is 35.5 Å². The lowest BCUT2D eigenvalue weighted by atomic mass is 10.1. The Labute approximate surface area is 113 Å². The van der Waals surface area contributed by atoms with Crippen LogP contribution in [0.3, 0.4) is 0 Å². The molecule has 5 heteroatoms. The highest BCUT2D eigenvalue weighted by Gasteiger charge is 2.19. The van der Waals surface area contributed by atoms with Crippen LogP contribution in [0, 0.1) is 11.6 Å². The third-order valence-corrected chi connectivity index (χ3v) is 2.91. The van der Waals surface area contributed by atoms with Crippen molar-refractivity contribution in [3.05, 3.63) is 29.3 Å². The molecule has 0 amide bonds. The molecular weight excluding hydrogens is 250 g/mol. The zero-order valence-corrected chi connectivity index (χ0v) is 11.7. The Balaban J connectivity index is 3.07. The summed E-state index contributed by atoms with van der Waals surface area (Å²) in [6, 6.07) is 2.59. The van der Waals surface area contributed by atoms with Gasteiger partial charge in [0.15, 0.2) is 0 Å². The Hall–Kier alpha value is -1.20. The molecule has 0 fully saturated rings. The van der Waals surface area contributed by atoms with Crippen LogP contribution >= 0.6 is 0 Å². The maximum Gasteiger partial charge on any atom is 0.149 e. The van der Waals surface area contributed by atoms with Crippen LogP contribution in [0.5, 0.6) is 0 Å². The predicted molar refractivity (Wildman–Crippen MR) is 73.3 cm³/mol. The molecule has 0 saturated carbocycles. The van der Waals surface area contributed by atoms with E-state index in [1.54, 1.807) is 0 Å². The number of halogens is 2.